The number of rotatable bonds is 11. The first kappa shape index (κ1) is 22.5. The van der Waals surface area contributed by atoms with E-state index in [2.05, 4.69) is 10.6 Å². The molecule has 0 heterocycles. The Morgan fingerprint density at radius 1 is 1.19 bits per heavy atom. The highest BCUT2D eigenvalue weighted by atomic mass is 32.2. The molecule has 1 aromatic carbocycles. The van der Waals surface area contributed by atoms with Crippen LogP contribution in [0.3, 0.4) is 0 Å². The number of carboxylic acids is 2. The first-order valence-electron chi connectivity index (χ1n) is 8.16. The molecular formula is C17H23N3O6S. The summed E-state index contributed by atoms with van der Waals surface area (Å²) in [6, 6.07) is 5.37. The van der Waals surface area contributed by atoms with Crippen LogP contribution in [0.2, 0.25) is 0 Å². The highest BCUT2D eigenvalue weighted by Gasteiger charge is 2.22. The second kappa shape index (κ2) is 11.2. The van der Waals surface area contributed by atoms with Crippen molar-refractivity contribution in [1.82, 2.24) is 10.6 Å². The normalized spacial score (nSPS) is 12.7. The number of carboxylic acid groups (broad SMARTS) is 2. The number of thioether (sulfide) groups is 1. The Balaban J connectivity index is 2.70. The smallest absolute Gasteiger partial charge is 0.322 e. The topological polar surface area (TPSA) is 159 Å². The molecule has 9 nitrogen and oxygen atoms in total. The summed E-state index contributed by atoms with van der Waals surface area (Å²) in [4.78, 5) is 46.5. The minimum atomic E-state index is -1.21. The van der Waals surface area contributed by atoms with Crippen molar-refractivity contribution in [3.8, 4) is 0 Å². The molecule has 0 saturated heterocycles. The van der Waals surface area contributed by atoms with E-state index in [0.717, 1.165) is 10.5 Å². The van der Waals surface area contributed by atoms with Gasteiger partial charge in [0.05, 0.1) is 0 Å². The number of aryl methyl sites for hydroxylation is 1. The summed E-state index contributed by atoms with van der Waals surface area (Å²) in [6.07, 6.45) is -0.235. The second-order valence-corrected chi connectivity index (χ2v) is 6.85. The van der Waals surface area contributed by atoms with E-state index in [0.29, 0.717) is 0 Å². The summed E-state index contributed by atoms with van der Waals surface area (Å²) >= 11 is 1.35. The minimum absolute atomic E-state index is 0.0738. The molecule has 1 aromatic rings. The van der Waals surface area contributed by atoms with E-state index >= 15 is 0 Å². The number of nitrogens with two attached hydrogens (primary N) is 1. The Bertz CT molecular complexity index is 697. The Hall–Kier alpha value is -2.59. The highest BCUT2D eigenvalue weighted by molar-refractivity contribution is 7.99. The molecule has 2 atom stereocenters. The predicted molar refractivity (Wildman–Crippen MR) is 99.3 cm³/mol. The maximum Gasteiger partial charge on any atom is 0.322 e. The van der Waals surface area contributed by atoms with Gasteiger partial charge in [-0.3, -0.25) is 19.2 Å². The highest BCUT2D eigenvalue weighted by Crippen LogP contribution is 2.22. The zero-order valence-corrected chi connectivity index (χ0v) is 15.6. The van der Waals surface area contributed by atoms with E-state index in [1.165, 1.54) is 11.8 Å². The molecule has 0 fully saturated rings. The molecule has 0 saturated carbocycles. The van der Waals surface area contributed by atoms with Gasteiger partial charge in [0.15, 0.2) is 0 Å². The summed E-state index contributed by atoms with van der Waals surface area (Å²) in [7, 11) is 0. The quantitative estimate of drug-likeness (QED) is 0.325. The molecule has 2 amide bonds. The number of benzene rings is 1. The Morgan fingerprint density at radius 3 is 2.44 bits per heavy atom. The molecule has 27 heavy (non-hydrogen) atoms. The van der Waals surface area contributed by atoms with Crippen molar-refractivity contribution in [3.63, 3.8) is 0 Å². The van der Waals surface area contributed by atoms with E-state index in [9.17, 15) is 19.2 Å². The fourth-order valence-corrected chi connectivity index (χ4v) is 3.09. The summed E-state index contributed by atoms with van der Waals surface area (Å²) in [5, 5.41) is 22.2. The van der Waals surface area contributed by atoms with Crippen molar-refractivity contribution >= 4 is 35.5 Å². The Morgan fingerprint density at radius 2 is 1.85 bits per heavy atom. The van der Waals surface area contributed by atoms with E-state index in [4.69, 9.17) is 15.9 Å². The third-order valence-corrected chi connectivity index (χ3v) is 4.83. The molecule has 0 radical (unpaired) electrons. The van der Waals surface area contributed by atoms with E-state index in [1.807, 2.05) is 31.2 Å². The molecule has 148 valence electrons. The van der Waals surface area contributed by atoms with Crippen LogP contribution >= 0.6 is 11.8 Å². The van der Waals surface area contributed by atoms with Gasteiger partial charge in [-0.2, -0.15) is 0 Å². The third kappa shape index (κ3) is 8.56. The van der Waals surface area contributed by atoms with Gasteiger partial charge in [-0.05, 0) is 25.0 Å². The van der Waals surface area contributed by atoms with Gasteiger partial charge >= 0.3 is 11.9 Å². The zero-order valence-electron chi connectivity index (χ0n) is 14.8. The maximum absolute atomic E-state index is 12.2. The van der Waals surface area contributed by atoms with Gasteiger partial charge < -0.3 is 26.6 Å². The van der Waals surface area contributed by atoms with Crippen molar-refractivity contribution in [1.29, 1.82) is 0 Å². The number of carbonyl (C=O) groups is 4. The van der Waals surface area contributed by atoms with Crippen LogP contribution < -0.4 is 16.4 Å². The lowest BCUT2D eigenvalue weighted by atomic mass is 10.1. The average molecular weight is 397 g/mol. The van der Waals surface area contributed by atoms with E-state index in [1.54, 1.807) is 0 Å². The lowest BCUT2D eigenvalue weighted by Crippen LogP contribution is -2.49. The fraction of sp³-hybridized carbons (Fsp3) is 0.412. The van der Waals surface area contributed by atoms with Crippen molar-refractivity contribution in [2.45, 2.75) is 36.7 Å². The summed E-state index contributed by atoms with van der Waals surface area (Å²) in [5.41, 5.74) is 6.37. The van der Waals surface area contributed by atoms with Crippen molar-refractivity contribution < 1.29 is 29.4 Å². The SMILES string of the molecule is Cc1ccccc1SCC(NC(=O)CCC(N)C(=O)O)C(=O)NCC(=O)O. The number of aliphatic carboxylic acids is 2. The lowest BCUT2D eigenvalue weighted by molar-refractivity contribution is -0.139. The number of hydrogen-bond donors (Lipinski definition) is 5. The van der Waals surface area contributed by atoms with Crippen LogP contribution in [0.1, 0.15) is 18.4 Å². The number of nitrogens with one attached hydrogen (secondary N) is 2. The van der Waals surface area contributed by atoms with Gasteiger partial charge in [-0.25, -0.2) is 0 Å². The molecule has 2 unspecified atom stereocenters. The van der Waals surface area contributed by atoms with Crippen LogP contribution in [-0.4, -0.2) is 58.3 Å². The summed E-state index contributed by atoms with van der Waals surface area (Å²) in [5.74, 6) is -3.39. The van der Waals surface area contributed by atoms with Gasteiger partial charge in [0, 0.05) is 17.1 Å². The molecule has 0 aromatic heterocycles. The third-order valence-electron chi connectivity index (χ3n) is 3.56. The molecule has 1 rings (SSSR count). The van der Waals surface area contributed by atoms with Gasteiger partial charge in [-0.15, -0.1) is 11.8 Å². The van der Waals surface area contributed by atoms with Crippen LogP contribution in [0.4, 0.5) is 0 Å². The Kier molecular flexibility index (Phi) is 9.31. The zero-order chi connectivity index (χ0) is 20.4. The largest absolute Gasteiger partial charge is 0.480 e. The minimum Gasteiger partial charge on any atom is -0.480 e. The average Bonchev–Trinajstić information content (AvgIpc) is 2.62. The van der Waals surface area contributed by atoms with Crippen LogP contribution in [0, 0.1) is 6.92 Å². The summed E-state index contributed by atoms with van der Waals surface area (Å²) in [6.45, 7) is 1.35. The molecule has 0 spiro atoms. The van der Waals surface area contributed by atoms with E-state index in [-0.39, 0.29) is 18.6 Å². The van der Waals surface area contributed by atoms with Gasteiger partial charge in [-0.1, -0.05) is 18.2 Å². The maximum atomic E-state index is 12.2. The first-order valence-corrected chi connectivity index (χ1v) is 9.15. The molecular weight excluding hydrogens is 374 g/mol. The van der Waals surface area contributed by atoms with Crippen molar-refractivity contribution in [2.75, 3.05) is 12.3 Å². The second-order valence-electron chi connectivity index (χ2n) is 5.79. The molecule has 0 aliphatic carbocycles. The molecule has 6 N–H and O–H groups in total. The molecule has 10 heteroatoms. The van der Waals surface area contributed by atoms with Gasteiger partial charge in [0.2, 0.25) is 11.8 Å². The predicted octanol–water partition coefficient (Wildman–Crippen LogP) is -0.0352. The van der Waals surface area contributed by atoms with Crippen LogP contribution in [0.25, 0.3) is 0 Å². The molecule has 0 bridgehead atoms. The standard InChI is InChI=1S/C17H23N3O6S/c1-10-4-2-3-5-13(10)27-9-12(16(24)19-8-15(22)23)20-14(21)7-6-11(18)17(25)26/h2-5,11-12H,6-9,18H2,1H3,(H,19,24)(H,20,21)(H,22,23)(H,25,26). The molecule has 0 aliphatic heterocycles. The number of carbonyl (C=O) groups excluding carboxylic acids is 2. The first-order chi connectivity index (χ1) is 12.7. The number of hydrogen-bond acceptors (Lipinski definition) is 6. The van der Waals surface area contributed by atoms with Crippen molar-refractivity contribution in [3.05, 3.63) is 29.8 Å². The number of amides is 2. The molecule has 0 aliphatic rings. The summed E-state index contributed by atoms with van der Waals surface area (Å²) < 4.78 is 0. The lowest BCUT2D eigenvalue weighted by Gasteiger charge is -2.18. The van der Waals surface area contributed by atoms with Gasteiger partial charge in [0.25, 0.3) is 0 Å². The van der Waals surface area contributed by atoms with Gasteiger partial charge in [0.1, 0.15) is 18.6 Å². The van der Waals surface area contributed by atoms with Crippen LogP contribution in [-0.2, 0) is 19.2 Å². The fourth-order valence-electron chi connectivity index (χ4n) is 2.04. The van der Waals surface area contributed by atoms with E-state index < -0.39 is 42.4 Å². The monoisotopic (exact) mass is 397 g/mol. The van der Waals surface area contributed by atoms with Crippen LogP contribution in [0.15, 0.2) is 29.2 Å². The van der Waals surface area contributed by atoms with Crippen LogP contribution in [0.5, 0.6) is 0 Å². The Labute approximate surface area is 160 Å². The van der Waals surface area contributed by atoms with Crippen molar-refractivity contribution in [2.24, 2.45) is 5.73 Å².